The Morgan fingerprint density at radius 1 is 0.367 bits per heavy atom. The van der Waals surface area contributed by atoms with Gasteiger partial charge >= 0.3 is 0 Å². The molecule has 2 heteroatoms. The van der Waals surface area contributed by atoms with Gasteiger partial charge in [0.05, 0.1) is 0 Å². The van der Waals surface area contributed by atoms with Crippen LogP contribution < -0.4 is 0 Å². The second kappa shape index (κ2) is 28.9. The van der Waals surface area contributed by atoms with Gasteiger partial charge in [-0.1, -0.05) is 130 Å². The Kier molecular flexibility index (Phi) is 30.9. The third kappa shape index (κ3) is 26.0. The molecule has 0 aromatic rings. The minimum atomic E-state index is 0.395. The standard InChI is InChI=1S/C16H34O.C12H26O/c1-3-5-7-9-10-12-14-16(15-17)13-11-8-6-4-2;1-3-5-7-8-10-12(11-13)9-6-4-2/h16-17H,3-15H2,1-2H3;12-13H,3-11H2,1-2H3. The first-order valence-corrected chi connectivity index (χ1v) is 13.9. The summed E-state index contributed by atoms with van der Waals surface area (Å²) in [4.78, 5) is 0. The minimum absolute atomic E-state index is 0.395. The summed E-state index contributed by atoms with van der Waals surface area (Å²) in [6.07, 6.45) is 26.3. The first-order chi connectivity index (χ1) is 14.7. The highest BCUT2D eigenvalue weighted by Crippen LogP contribution is 2.18. The van der Waals surface area contributed by atoms with Gasteiger partial charge in [-0.05, 0) is 37.5 Å². The molecule has 0 radical (unpaired) electrons. The lowest BCUT2D eigenvalue weighted by molar-refractivity contribution is 0.204. The van der Waals surface area contributed by atoms with Crippen LogP contribution in [0.15, 0.2) is 0 Å². The van der Waals surface area contributed by atoms with Crippen LogP contribution in [0.1, 0.15) is 156 Å². The molecule has 0 bridgehead atoms. The predicted octanol–water partition coefficient (Wildman–Crippen LogP) is 9.07. The number of rotatable bonds is 22. The van der Waals surface area contributed by atoms with Crippen LogP contribution in [0.3, 0.4) is 0 Å². The van der Waals surface area contributed by atoms with E-state index in [1.807, 2.05) is 0 Å². The van der Waals surface area contributed by atoms with Crippen LogP contribution in [-0.4, -0.2) is 23.4 Å². The van der Waals surface area contributed by atoms with Crippen molar-refractivity contribution >= 4 is 0 Å². The maximum Gasteiger partial charge on any atom is 0.0459 e. The van der Waals surface area contributed by atoms with E-state index in [0.29, 0.717) is 25.0 Å². The van der Waals surface area contributed by atoms with Crippen molar-refractivity contribution in [3.05, 3.63) is 0 Å². The zero-order chi connectivity index (χ0) is 22.7. The fourth-order valence-corrected chi connectivity index (χ4v) is 4.08. The molecule has 2 unspecified atom stereocenters. The first-order valence-electron chi connectivity index (χ1n) is 13.9. The molecule has 0 fully saturated rings. The van der Waals surface area contributed by atoms with Gasteiger partial charge in [-0.25, -0.2) is 0 Å². The maximum absolute atomic E-state index is 9.32. The van der Waals surface area contributed by atoms with E-state index >= 15 is 0 Å². The highest BCUT2D eigenvalue weighted by molar-refractivity contribution is 4.59. The molecule has 0 aliphatic rings. The third-order valence-electron chi connectivity index (χ3n) is 6.38. The molecule has 0 saturated heterocycles. The van der Waals surface area contributed by atoms with Crippen molar-refractivity contribution < 1.29 is 10.2 Å². The Balaban J connectivity index is 0. The molecule has 30 heavy (non-hydrogen) atoms. The highest BCUT2D eigenvalue weighted by atomic mass is 16.3. The Labute approximate surface area is 191 Å². The first kappa shape index (κ1) is 32.1. The van der Waals surface area contributed by atoms with Gasteiger partial charge in [0.15, 0.2) is 0 Å². The molecule has 184 valence electrons. The molecule has 0 aliphatic carbocycles. The number of hydrogen-bond acceptors (Lipinski definition) is 2. The summed E-state index contributed by atoms with van der Waals surface area (Å²) < 4.78 is 0. The molecule has 0 saturated carbocycles. The van der Waals surface area contributed by atoms with E-state index in [9.17, 15) is 5.11 Å². The number of aliphatic hydroxyl groups excluding tert-OH is 2. The average Bonchev–Trinajstić information content (AvgIpc) is 2.77. The molecular formula is C28H60O2. The van der Waals surface area contributed by atoms with Gasteiger partial charge in [0.25, 0.3) is 0 Å². The van der Waals surface area contributed by atoms with Crippen LogP contribution in [-0.2, 0) is 0 Å². The molecule has 2 nitrogen and oxygen atoms in total. The van der Waals surface area contributed by atoms with E-state index < -0.39 is 0 Å². The average molecular weight is 429 g/mol. The quantitative estimate of drug-likeness (QED) is 0.169. The molecule has 0 aromatic heterocycles. The zero-order valence-electron chi connectivity index (χ0n) is 21.6. The molecule has 0 amide bonds. The summed E-state index contributed by atoms with van der Waals surface area (Å²) in [6.45, 7) is 9.76. The molecule has 2 atom stereocenters. The van der Waals surface area contributed by atoms with Gasteiger partial charge in [0.1, 0.15) is 0 Å². The summed E-state index contributed by atoms with van der Waals surface area (Å²) in [7, 11) is 0. The van der Waals surface area contributed by atoms with Crippen LogP contribution in [0, 0.1) is 11.8 Å². The van der Waals surface area contributed by atoms with Gasteiger partial charge in [-0.2, -0.15) is 0 Å². The van der Waals surface area contributed by atoms with Crippen molar-refractivity contribution in [2.75, 3.05) is 13.2 Å². The summed E-state index contributed by atoms with van der Waals surface area (Å²) in [6, 6.07) is 0. The lowest BCUT2D eigenvalue weighted by Gasteiger charge is -2.13. The van der Waals surface area contributed by atoms with Gasteiger partial charge in [-0.15, -0.1) is 0 Å². The second-order valence-corrected chi connectivity index (χ2v) is 9.49. The molecule has 0 aromatic carbocycles. The maximum atomic E-state index is 9.32. The fraction of sp³-hybridized carbons (Fsp3) is 1.00. The predicted molar refractivity (Wildman–Crippen MR) is 136 cm³/mol. The monoisotopic (exact) mass is 428 g/mol. The smallest absolute Gasteiger partial charge is 0.0459 e. The summed E-state index contributed by atoms with van der Waals surface area (Å²) >= 11 is 0. The van der Waals surface area contributed by atoms with E-state index in [2.05, 4.69) is 27.7 Å². The van der Waals surface area contributed by atoms with E-state index in [4.69, 9.17) is 5.11 Å². The van der Waals surface area contributed by atoms with Crippen molar-refractivity contribution in [2.24, 2.45) is 11.8 Å². The molecule has 0 heterocycles. The highest BCUT2D eigenvalue weighted by Gasteiger charge is 2.07. The van der Waals surface area contributed by atoms with Gasteiger partial charge in [0.2, 0.25) is 0 Å². The molecule has 0 spiro atoms. The van der Waals surface area contributed by atoms with Crippen LogP contribution >= 0.6 is 0 Å². The van der Waals surface area contributed by atoms with E-state index in [0.717, 1.165) is 0 Å². The normalized spacial score (nSPS) is 13.0. The van der Waals surface area contributed by atoms with Crippen molar-refractivity contribution in [1.82, 2.24) is 0 Å². The molecular weight excluding hydrogens is 368 g/mol. The lowest BCUT2D eigenvalue weighted by Crippen LogP contribution is -2.06. The topological polar surface area (TPSA) is 40.5 Å². The summed E-state index contributed by atoms with van der Waals surface area (Å²) in [5.74, 6) is 1.16. The number of unbranched alkanes of at least 4 members (excludes halogenated alkanes) is 12. The van der Waals surface area contributed by atoms with Gasteiger partial charge < -0.3 is 10.2 Å². The van der Waals surface area contributed by atoms with Crippen LogP contribution in [0.25, 0.3) is 0 Å². The summed E-state index contributed by atoms with van der Waals surface area (Å²) in [5, 5.41) is 18.4. The van der Waals surface area contributed by atoms with E-state index in [1.54, 1.807) is 0 Å². The van der Waals surface area contributed by atoms with Crippen molar-refractivity contribution in [3.8, 4) is 0 Å². The van der Waals surface area contributed by atoms with E-state index in [1.165, 1.54) is 128 Å². The van der Waals surface area contributed by atoms with E-state index in [-0.39, 0.29) is 0 Å². The Bertz CT molecular complexity index is 280. The van der Waals surface area contributed by atoms with Crippen LogP contribution in [0.5, 0.6) is 0 Å². The Hall–Kier alpha value is -0.0800. The largest absolute Gasteiger partial charge is 0.396 e. The molecule has 0 rings (SSSR count). The SMILES string of the molecule is CCCCCCC(CO)CCCC.CCCCCCCCC(CO)CCCCCC. The van der Waals surface area contributed by atoms with Crippen molar-refractivity contribution in [3.63, 3.8) is 0 Å². The van der Waals surface area contributed by atoms with Crippen molar-refractivity contribution in [1.29, 1.82) is 0 Å². The minimum Gasteiger partial charge on any atom is -0.396 e. The molecule has 0 aliphatic heterocycles. The second-order valence-electron chi connectivity index (χ2n) is 9.49. The third-order valence-corrected chi connectivity index (χ3v) is 6.38. The number of aliphatic hydroxyl groups is 2. The van der Waals surface area contributed by atoms with Gasteiger partial charge in [0, 0.05) is 13.2 Å². The Morgan fingerprint density at radius 2 is 0.633 bits per heavy atom. The summed E-state index contributed by atoms with van der Waals surface area (Å²) in [5.41, 5.74) is 0. The van der Waals surface area contributed by atoms with Crippen LogP contribution in [0.2, 0.25) is 0 Å². The van der Waals surface area contributed by atoms with Gasteiger partial charge in [-0.3, -0.25) is 0 Å². The number of hydrogen-bond donors (Lipinski definition) is 2. The van der Waals surface area contributed by atoms with Crippen molar-refractivity contribution in [2.45, 2.75) is 156 Å². The zero-order valence-corrected chi connectivity index (χ0v) is 21.6. The lowest BCUT2D eigenvalue weighted by atomic mass is 9.95. The molecule has 2 N–H and O–H groups in total. The fourth-order valence-electron chi connectivity index (χ4n) is 4.08. The Morgan fingerprint density at radius 3 is 0.967 bits per heavy atom. The van der Waals surface area contributed by atoms with Crippen LogP contribution in [0.4, 0.5) is 0 Å².